The SMILES string of the molecule is FC(F)(F)CC=CNc1ccccc1. The van der Waals surface area contributed by atoms with Gasteiger partial charge in [0.05, 0.1) is 6.42 Å². The summed E-state index contributed by atoms with van der Waals surface area (Å²) >= 11 is 0. The molecule has 0 heterocycles. The summed E-state index contributed by atoms with van der Waals surface area (Å²) in [5.74, 6) is 0. The number of anilines is 1. The van der Waals surface area contributed by atoms with Crippen molar-refractivity contribution in [3.05, 3.63) is 42.6 Å². The topological polar surface area (TPSA) is 12.0 Å². The number of hydrogen-bond acceptors (Lipinski definition) is 1. The molecule has 14 heavy (non-hydrogen) atoms. The second-order valence-corrected chi connectivity index (χ2v) is 2.73. The van der Waals surface area contributed by atoms with E-state index >= 15 is 0 Å². The van der Waals surface area contributed by atoms with E-state index in [0.29, 0.717) is 0 Å². The van der Waals surface area contributed by atoms with Gasteiger partial charge in [0.25, 0.3) is 0 Å². The van der Waals surface area contributed by atoms with Gasteiger partial charge in [0.2, 0.25) is 0 Å². The Morgan fingerprint density at radius 3 is 2.36 bits per heavy atom. The van der Waals surface area contributed by atoms with Crippen LogP contribution in [0, 0.1) is 0 Å². The first kappa shape index (κ1) is 10.6. The van der Waals surface area contributed by atoms with E-state index in [2.05, 4.69) is 5.32 Å². The van der Waals surface area contributed by atoms with Crippen molar-refractivity contribution in [2.75, 3.05) is 5.32 Å². The zero-order chi connectivity index (χ0) is 10.4. The molecule has 1 aromatic rings. The number of allylic oxidation sites excluding steroid dienone is 1. The van der Waals surface area contributed by atoms with Crippen LogP contribution in [0.1, 0.15) is 6.42 Å². The number of halogens is 3. The largest absolute Gasteiger partial charge is 0.392 e. The first-order chi connectivity index (χ1) is 6.58. The Morgan fingerprint density at radius 2 is 1.79 bits per heavy atom. The zero-order valence-corrected chi connectivity index (χ0v) is 7.38. The monoisotopic (exact) mass is 201 g/mol. The minimum Gasteiger partial charge on any atom is -0.362 e. The maximum absolute atomic E-state index is 11.7. The fourth-order valence-corrected chi connectivity index (χ4v) is 0.882. The lowest BCUT2D eigenvalue weighted by Gasteiger charge is -2.01. The highest BCUT2D eigenvalue weighted by Crippen LogP contribution is 2.19. The molecule has 0 radical (unpaired) electrons. The Bertz CT molecular complexity index is 290. The Labute approximate surface area is 80.2 Å². The van der Waals surface area contributed by atoms with Crippen molar-refractivity contribution < 1.29 is 13.2 Å². The fraction of sp³-hybridized carbons (Fsp3) is 0.200. The van der Waals surface area contributed by atoms with Gasteiger partial charge in [-0.15, -0.1) is 0 Å². The predicted octanol–water partition coefficient (Wildman–Crippen LogP) is 3.56. The van der Waals surface area contributed by atoms with Crippen LogP contribution in [0.25, 0.3) is 0 Å². The molecular weight excluding hydrogens is 191 g/mol. The molecule has 0 atom stereocenters. The molecule has 0 amide bonds. The van der Waals surface area contributed by atoms with E-state index in [1.54, 1.807) is 24.3 Å². The zero-order valence-electron chi connectivity index (χ0n) is 7.38. The van der Waals surface area contributed by atoms with E-state index in [-0.39, 0.29) is 0 Å². The maximum Gasteiger partial charge on any atom is 0.392 e. The van der Waals surface area contributed by atoms with Crippen molar-refractivity contribution in [1.29, 1.82) is 0 Å². The van der Waals surface area contributed by atoms with Gasteiger partial charge in [-0.25, -0.2) is 0 Å². The summed E-state index contributed by atoms with van der Waals surface area (Å²) in [7, 11) is 0. The molecule has 0 aromatic heterocycles. The highest BCUT2D eigenvalue weighted by Gasteiger charge is 2.24. The molecule has 1 nitrogen and oxygen atoms in total. The standard InChI is InChI=1S/C10H10F3N/c11-10(12,13)7-4-8-14-9-5-2-1-3-6-9/h1-6,8,14H,7H2. The molecule has 0 unspecified atom stereocenters. The van der Waals surface area contributed by atoms with Crippen LogP contribution in [0.15, 0.2) is 42.6 Å². The molecule has 76 valence electrons. The van der Waals surface area contributed by atoms with Crippen molar-refractivity contribution in [3.8, 4) is 0 Å². The number of alkyl halides is 3. The Kier molecular flexibility index (Phi) is 3.56. The molecule has 1 rings (SSSR count). The molecule has 0 aliphatic carbocycles. The quantitative estimate of drug-likeness (QED) is 0.788. The van der Waals surface area contributed by atoms with Crippen molar-refractivity contribution in [3.63, 3.8) is 0 Å². The molecule has 0 fully saturated rings. The van der Waals surface area contributed by atoms with Crippen molar-refractivity contribution >= 4 is 5.69 Å². The lowest BCUT2D eigenvalue weighted by molar-refractivity contribution is -0.125. The third-order valence-electron chi connectivity index (χ3n) is 1.49. The van der Waals surface area contributed by atoms with Gasteiger partial charge in [-0.2, -0.15) is 13.2 Å². The van der Waals surface area contributed by atoms with Gasteiger partial charge in [-0.3, -0.25) is 0 Å². The first-order valence-electron chi connectivity index (χ1n) is 4.11. The summed E-state index contributed by atoms with van der Waals surface area (Å²) in [5.41, 5.74) is 0.769. The van der Waals surface area contributed by atoms with E-state index in [1.807, 2.05) is 6.07 Å². The van der Waals surface area contributed by atoms with Crippen LogP contribution >= 0.6 is 0 Å². The van der Waals surface area contributed by atoms with Crippen LogP contribution in [-0.2, 0) is 0 Å². The third-order valence-corrected chi connectivity index (χ3v) is 1.49. The molecule has 0 saturated heterocycles. The Balaban J connectivity index is 2.35. The molecule has 4 heteroatoms. The highest BCUT2D eigenvalue weighted by atomic mass is 19.4. The molecule has 0 bridgehead atoms. The molecule has 0 spiro atoms. The van der Waals surface area contributed by atoms with Gasteiger partial charge in [0.1, 0.15) is 0 Å². The number of para-hydroxylation sites is 1. The number of benzene rings is 1. The van der Waals surface area contributed by atoms with Gasteiger partial charge >= 0.3 is 6.18 Å². The van der Waals surface area contributed by atoms with Gasteiger partial charge < -0.3 is 5.32 Å². The van der Waals surface area contributed by atoms with Crippen LogP contribution in [0.2, 0.25) is 0 Å². The van der Waals surface area contributed by atoms with Crippen molar-refractivity contribution in [2.45, 2.75) is 12.6 Å². The second-order valence-electron chi connectivity index (χ2n) is 2.73. The summed E-state index contributed by atoms with van der Waals surface area (Å²) in [6, 6.07) is 9.00. The molecular formula is C10H10F3N. The van der Waals surface area contributed by atoms with E-state index in [4.69, 9.17) is 0 Å². The highest BCUT2D eigenvalue weighted by molar-refractivity contribution is 5.44. The summed E-state index contributed by atoms with van der Waals surface area (Å²) in [4.78, 5) is 0. The van der Waals surface area contributed by atoms with Crippen LogP contribution in [0.4, 0.5) is 18.9 Å². The van der Waals surface area contributed by atoms with Crippen LogP contribution in [0.5, 0.6) is 0 Å². The average molecular weight is 201 g/mol. The minimum absolute atomic E-state index is 0.769. The normalized spacial score (nSPS) is 11.9. The van der Waals surface area contributed by atoms with Crippen LogP contribution in [0.3, 0.4) is 0 Å². The smallest absolute Gasteiger partial charge is 0.362 e. The first-order valence-corrected chi connectivity index (χ1v) is 4.11. The van der Waals surface area contributed by atoms with Crippen molar-refractivity contribution in [1.82, 2.24) is 0 Å². The van der Waals surface area contributed by atoms with Crippen LogP contribution in [-0.4, -0.2) is 6.18 Å². The molecule has 0 aliphatic rings. The fourth-order valence-electron chi connectivity index (χ4n) is 0.882. The van der Waals surface area contributed by atoms with E-state index in [1.165, 1.54) is 6.20 Å². The summed E-state index contributed by atoms with van der Waals surface area (Å²) in [5, 5.41) is 2.74. The predicted molar refractivity (Wildman–Crippen MR) is 49.9 cm³/mol. The van der Waals surface area contributed by atoms with E-state index in [0.717, 1.165) is 11.8 Å². The maximum atomic E-state index is 11.7. The number of rotatable bonds is 3. The van der Waals surface area contributed by atoms with Crippen LogP contribution < -0.4 is 5.32 Å². The molecule has 1 aromatic carbocycles. The lowest BCUT2D eigenvalue weighted by Crippen LogP contribution is -2.04. The average Bonchev–Trinajstić information content (AvgIpc) is 2.13. The van der Waals surface area contributed by atoms with E-state index < -0.39 is 12.6 Å². The molecule has 0 aliphatic heterocycles. The third kappa shape index (κ3) is 4.54. The van der Waals surface area contributed by atoms with Gasteiger partial charge in [0.15, 0.2) is 0 Å². The Hall–Kier alpha value is -1.45. The van der Waals surface area contributed by atoms with Gasteiger partial charge in [0, 0.05) is 5.69 Å². The summed E-state index contributed by atoms with van der Waals surface area (Å²) < 4.78 is 35.1. The molecule has 1 N–H and O–H groups in total. The van der Waals surface area contributed by atoms with E-state index in [9.17, 15) is 13.2 Å². The Morgan fingerprint density at radius 1 is 1.14 bits per heavy atom. The summed E-state index contributed by atoms with van der Waals surface area (Å²) in [6.45, 7) is 0. The van der Waals surface area contributed by atoms with Crippen molar-refractivity contribution in [2.24, 2.45) is 0 Å². The van der Waals surface area contributed by atoms with Gasteiger partial charge in [-0.1, -0.05) is 24.3 Å². The second kappa shape index (κ2) is 4.69. The summed E-state index contributed by atoms with van der Waals surface area (Å²) in [6.07, 6.45) is -2.70. The lowest BCUT2D eigenvalue weighted by atomic mass is 10.3. The van der Waals surface area contributed by atoms with Gasteiger partial charge in [-0.05, 0) is 18.3 Å². The molecule has 0 saturated carbocycles. The number of nitrogens with one attached hydrogen (secondary N) is 1. The number of hydrogen-bond donors (Lipinski definition) is 1. The minimum atomic E-state index is -4.13.